The fourth-order valence-corrected chi connectivity index (χ4v) is 1.42. The Hall–Kier alpha value is -0.710. The van der Waals surface area contributed by atoms with E-state index in [9.17, 15) is 17.6 Å². The largest absolute Gasteiger partial charge is 0.398 e. The molecule has 0 atom stereocenters. The first kappa shape index (κ1) is 10.4. The minimum absolute atomic E-state index is 0.0276. The quantitative estimate of drug-likeness (QED) is 0.532. The summed E-state index contributed by atoms with van der Waals surface area (Å²) in [7, 11) is 0. The molecular weight excluding hydrogens is 204 g/mol. The smallest absolute Gasteiger partial charge is 0.206 e. The highest BCUT2D eigenvalue weighted by molar-refractivity contribution is 7.99. The number of hydrogen-bond donors (Lipinski definition) is 0. The molecule has 0 aliphatic carbocycles. The van der Waals surface area contributed by atoms with Gasteiger partial charge in [0.2, 0.25) is 0 Å². The number of thioether (sulfide) groups is 1. The average Bonchev–Trinajstić information content (AvgIpc) is 2.01. The van der Waals surface area contributed by atoms with E-state index in [4.69, 9.17) is 0 Å². The summed E-state index contributed by atoms with van der Waals surface area (Å²) in [5.74, 6) is -1.68. The molecule has 0 N–H and O–H groups in total. The molecule has 0 saturated carbocycles. The molecular formula is C8H6F4S. The first-order chi connectivity index (χ1) is 5.99. The molecule has 0 aliphatic heterocycles. The third-order valence-corrected chi connectivity index (χ3v) is 2.34. The molecule has 13 heavy (non-hydrogen) atoms. The first-order valence-electron chi connectivity index (χ1n) is 3.43. The fraction of sp³-hybridized carbons (Fsp3) is 0.250. The second-order valence-electron chi connectivity index (χ2n) is 2.33. The van der Waals surface area contributed by atoms with Crippen LogP contribution < -0.4 is 0 Å². The summed E-state index contributed by atoms with van der Waals surface area (Å²) in [5.41, 5.74) is 0. The second-order valence-corrected chi connectivity index (χ2v) is 3.35. The molecule has 0 spiro atoms. The molecule has 1 aromatic rings. The topological polar surface area (TPSA) is 0 Å². The molecule has 0 amide bonds. The van der Waals surface area contributed by atoms with Gasteiger partial charge in [0.15, 0.2) is 0 Å². The highest BCUT2D eigenvalue weighted by Gasteiger charge is 2.27. The van der Waals surface area contributed by atoms with Crippen LogP contribution in [0.2, 0.25) is 0 Å². The van der Waals surface area contributed by atoms with Gasteiger partial charge in [0.25, 0.3) is 0 Å². The van der Waals surface area contributed by atoms with Crippen LogP contribution in [0.25, 0.3) is 0 Å². The van der Waals surface area contributed by atoms with Gasteiger partial charge in [0.05, 0.1) is 5.75 Å². The second kappa shape index (κ2) is 4.00. The van der Waals surface area contributed by atoms with Gasteiger partial charge in [0.1, 0.15) is 5.82 Å². The predicted molar refractivity (Wildman–Crippen MR) is 43.2 cm³/mol. The number of alkyl halides is 3. The normalized spacial score (nSPS) is 11.7. The number of benzene rings is 1. The zero-order valence-electron chi connectivity index (χ0n) is 6.44. The molecule has 0 aliphatic rings. The molecule has 1 aromatic carbocycles. The summed E-state index contributed by atoms with van der Waals surface area (Å²) in [5, 5.41) is 0. The van der Waals surface area contributed by atoms with Crippen molar-refractivity contribution in [3.8, 4) is 0 Å². The lowest BCUT2D eigenvalue weighted by molar-refractivity contribution is -0.105. The van der Waals surface area contributed by atoms with Crippen LogP contribution in [-0.4, -0.2) is 11.9 Å². The van der Waals surface area contributed by atoms with Crippen LogP contribution in [0.1, 0.15) is 0 Å². The molecule has 0 bridgehead atoms. The van der Waals surface area contributed by atoms with Gasteiger partial charge in [-0.2, -0.15) is 13.2 Å². The Morgan fingerprint density at radius 1 is 1.15 bits per heavy atom. The molecule has 1 rings (SSSR count). The SMILES string of the molecule is Fc1ccccc1SCC(F)(F)F. The van der Waals surface area contributed by atoms with E-state index < -0.39 is 17.7 Å². The summed E-state index contributed by atoms with van der Waals surface area (Å²) in [4.78, 5) is 0.0276. The van der Waals surface area contributed by atoms with E-state index in [0.717, 1.165) is 6.07 Å². The maximum Gasteiger partial charge on any atom is 0.398 e. The number of rotatable bonds is 2. The van der Waals surface area contributed by atoms with Gasteiger partial charge >= 0.3 is 6.18 Å². The highest BCUT2D eigenvalue weighted by Crippen LogP contribution is 2.28. The molecule has 0 fully saturated rings. The zero-order valence-corrected chi connectivity index (χ0v) is 7.25. The van der Waals surface area contributed by atoms with Gasteiger partial charge in [-0.15, -0.1) is 11.8 Å². The molecule has 0 unspecified atom stereocenters. The molecule has 0 radical (unpaired) electrons. The van der Waals surface area contributed by atoms with Crippen molar-refractivity contribution in [2.75, 3.05) is 5.75 Å². The Bertz CT molecular complexity index is 282. The van der Waals surface area contributed by atoms with Crippen molar-refractivity contribution in [3.05, 3.63) is 30.1 Å². The minimum Gasteiger partial charge on any atom is -0.206 e. The molecule has 0 heterocycles. The Morgan fingerprint density at radius 2 is 1.77 bits per heavy atom. The zero-order chi connectivity index (χ0) is 9.90. The lowest BCUT2D eigenvalue weighted by Gasteiger charge is -2.05. The molecule has 5 heteroatoms. The number of halogens is 4. The van der Waals surface area contributed by atoms with Crippen molar-refractivity contribution >= 4 is 11.8 Å². The maximum atomic E-state index is 12.8. The van der Waals surface area contributed by atoms with Gasteiger partial charge in [-0.25, -0.2) is 4.39 Å². The summed E-state index contributed by atoms with van der Waals surface area (Å²) < 4.78 is 48.0. The lowest BCUT2D eigenvalue weighted by Crippen LogP contribution is -2.10. The fourth-order valence-electron chi connectivity index (χ4n) is 0.721. The Balaban J connectivity index is 2.60. The van der Waals surface area contributed by atoms with Gasteiger partial charge < -0.3 is 0 Å². The van der Waals surface area contributed by atoms with Crippen LogP contribution in [0.4, 0.5) is 17.6 Å². The van der Waals surface area contributed by atoms with Gasteiger partial charge in [-0.05, 0) is 12.1 Å². The molecule has 72 valence electrons. The van der Waals surface area contributed by atoms with Crippen molar-refractivity contribution in [3.63, 3.8) is 0 Å². The van der Waals surface area contributed by atoms with E-state index in [1.165, 1.54) is 18.2 Å². The third kappa shape index (κ3) is 3.67. The van der Waals surface area contributed by atoms with Crippen LogP contribution >= 0.6 is 11.8 Å². The van der Waals surface area contributed by atoms with Crippen molar-refractivity contribution < 1.29 is 17.6 Å². The van der Waals surface area contributed by atoms with Crippen molar-refractivity contribution in [1.29, 1.82) is 0 Å². The Kier molecular flexibility index (Phi) is 3.19. The van der Waals surface area contributed by atoms with Crippen LogP contribution in [-0.2, 0) is 0 Å². The average molecular weight is 210 g/mol. The molecule has 0 saturated heterocycles. The van der Waals surface area contributed by atoms with Crippen LogP contribution in [0.3, 0.4) is 0 Å². The van der Waals surface area contributed by atoms with E-state index in [-0.39, 0.29) is 4.90 Å². The van der Waals surface area contributed by atoms with Gasteiger partial charge in [-0.3, -0.25) is 0 Å². The van der Waals surface area contributed by atoms with E-state index in [1.54, 1.807) is 0 Å². The van der Waals surface area contributed by atoms with Gasteiger partial charge in [-0.1, -0.05) is 12.1 Å². The maximum absolute atomic E-state index is 12.8. The summed E-state index contributed by atoms with van der Waals surface area (Å²) in [6, 6.07) is 5.40. The van der Waals surface area contributed by atoms with Crippen LogP contribution in [0, 0.1) is 5.82 Å². The lowest BCUT2D eigenvalue weighted by atomic mass is 10.3. The predicted octanol–water partition coefficient (Wildman–Crippen LogP) is 3.48. The first-order valence-corrected chi connectivity index (χ1v) is 4.42. The van der Waals surface area contributed by atoms with E-state index in [1.807, 2.05) is 0 Å². The van der Waals surface area contributed by atoms with Crippen molar-refractivity contribution in [2.24, 2.45) is 0 Å². The van der Waals surface area contributed by atoms with Gasteiger partial charge in [0, 0.05) is 4.90 Å². The van der Waals surface area contributed by atoms with E-state index >= 15 is 0 Å². The van der Waals surface area contributed by atoms with Crippen molar-refractivity contribution in [2.45, 2.75) is 11.1 Å². The van der Waals surface area contributed by atoms with E-state index in [0.29, 0.717) is 11.8 Å². The summed E-state index contributed by atoms with van der Waals surface area (Å²) in [6.07, 6.45) is -4.26. The highest BCUT2D eigenvalue weighted by atomic mass is 32.2. The van der Waals surface area contributed by atoms with Crippen LogP contribution in [0.15, 0.2) is 29.2 Å². The summed E-state index contributed by atoms with van der Waals surface area (Å²) >= 11 is 0.454. The molecule has 0 nitrogen and oxygen atoms in total. The third-order valence-electron chi connectivity index (χ3n) is 1.23. The number of hydrogen-bond acceptors (Lipinski definition) is 1. The Morgan fingerprint density at radius 3 is 2.31 bits per heavy atom. The van der Waals surface area contributed by atoms with E-state index in [2.05, 4.69) is 0 Å². The Labute approximate surface area is 76.9 Å². The minimum atomic E-state index is -4.26. The summed E-state index contributed by atoms with van der Waals surface area (Å²) in [6.45, 7) is 0. The monoisotopic (exact) mass is 210 g/mol. The standard InChI is InChI=1S/C8H6F4S/c9-6-3-1-2-4-7(6)13-5-8(10,11)12/h1-4H,5H2. The molecule has 0 aromatic heterocycles. The van der Waals surface area contributed by atoms with Crippen molar-refractivity contribution in [1.82, 2.24) is 0 Å². The van der Waals surface area contributed by atoms with Crippen LogP contribution in [0.5, 0.6) is 0 Å².